The zero-order valence-corrected chi connectivity index (χ0v) is 9.44. The fraction of sp³-hybridized carbons (Fsp3) is 0.667. The van der Waals surface area contributed by atoms with Crippen LogP contribution in [0, 0.1) is 0 Å². The average molecular weight is 236 g/mol. The lowest BCUT2D eigenvalue weighted by Gasteiger charge is -2.04. The molecule has 0 bridgehead atoms. The summed E-state index contributed by atoms with van der Waals surface area (Å²) in [5, 5.41) is 0.843. The third-order valence-corrected chi connectivity index (χ3v) is 6.09. The molecule has 0 amide bonds. The van der Waals surface area contributed by atoms with Crippen molar-refractivity contribution < 1.29 is 4.79 Å². The van der Waals surface area contributed by atoms with E-state index in [9.17, 15) is 4.79 Å². The van der Waals surface area contributed by atoms with Gasteiger partial charge in [-0.25, -0.2) is 0 Å². The zero-order valence-electron chi connectivity index (χ0n) is 6.99. The molecule has 1 aliphatic heterocycles. The van der Waals surface area contributed by atoms with Crippen LogP contribution in [0.2, 0.25) is 0 Å². The van der Waals surface area contributed by atoms with Crippen LogP contribution in [-0.2, 0) is 4.79 Å². The Morgan fingerprint density at radius 2 is 2.46 bits per heavy atom. The van der Waals surface area contributed by atoms with Gasteiger partial charge in [-0.3, -0.25) is 4.79 Å². The lowest BCUT2D eigenvalue weighted by Crippen LogP contribution is -1.99. The number of carbonyl (C=O) groups is 1. The number of carbonyl (C=O) groups excluding carboxylic acids is 1. The highest BCUT2D eigenvalue weighted by Gasteiger charge is 2.22. The van der Waals surface area contributed by atoms with Gasteiger partial charge in [0.1, 0.15) is 0 Å². The highest BCUT2D eigenvalue weighted by molar-refractivity contribution is 8.22. The molecule has 1 saturated heterocycles. The molecule has 76 valence electrons. The third kappa shape index (κ3) is 5.03. The van der Waals surface area contributed by atoms with Gasteiger partial charge in [0.25, 0.3) is 0 Å². The van der Waals surface area contributed by atoms with E-state index >= 15 is 0 Å². The van der Waals surface area contributed by atoms with Gasteiger partial charge < -0.3 is 0 Å². The second-order valence-electron chi connectivity index (χ2n) is 2.54. The molecule has 0 saturated carbocycles. The highest BCUT2D eigenvalue weighted by atomic mass is 32.2. The van der Waals surface area contributed by atoms with Crippen molar-refractivity contribution in [3.8, 4) is 0 Å². The van der Waals surface area contributed by atoms with Crippen LogP contribution in [-0.4, -0.2) is 26.5 Å². The Morgan fingerprint density at radius 3 is 2.92 bits per heavy atom. The average Bonchev–Trinajstić information content (AvgIpc) is 2.47. The Kier molecular flexibility index (Phi) is 7.09. The van der Waals surface area contributed by atoms with Gasteiger partial charge in [0, 0.05) is 16.8 Å². The molecule has 0 spiro atoms. The van der Waals surface area contributed by atoms with E-state index in [-0.39, 0.29) is 12.5 Å². The first-order valence-electron chi connectivity index (χ1n) is 3.78. The Labute approximate surface area is 93.5 Å². The molecule has 0 radical (unpaired) electrons. The monoisotopic (exact) mass is 236 g/mol. The van der Waals surface area contributed by atoms with Gasteiger partial charge in [0.2, 0.25) is 5.12 Å². The largest absolute Gasteiger partial charge is 0.282 e. The molecule has 0 aromatic rings. The van der Waals surface area contributed by atoms with Crippen molar-refractivity contribution in [2.45, 2.75) is 24.2 Å². The van der Waals surface area contributed by atoms with E-state index < -0.39 is 0 Å². The summed E-state index contributed by atoms with van der Waals surface area (Å²) in [6.45, 7) is 5.67. The molecule has 1 nitrogen and oxygen atoms in total. The van der Waals surface area contributed by atoms with E-state index in [1.165, 1.54) is 23.6 Å². The quantitative estimate of drug-likeness (QED) is 0.699. The summed E-state index contributed by atoms with van der Waals surface area (Å²) in [5.74, 6) is 2.14. The first-order valence-corrected chi connectivity index (χ1v) is 6.76. The van der Waals surface area contributed by atoms with Gasteiger partial charge in [-0.2, -0.15) is 0 Å². The minimum atomic E-state index is 0. The van der Waals surface area contributed by atoms with Crippen molar-refractivity contribution in [3.63, 3.8) is 0 Å². The van der Waals surface area contributed by atoms with Crippen LogP contribution >= 0.6 is 35.3 Å². The lowest BCUT2D eigenvalue weighted by molar-refractivity contribution is -0.107. The van der Waals surface area contributed by atoms with E-state index in [4.69, 9.17) is 0 Å². The highest BCUT2D eigenvalue weighted by Crippen LogP contribution is 2.39. The minimum absolute atomic E-state index is 0. The first kappa shape index (κ1) is 13.5. The van der Waals surface area contributed by atoms with Crippen LogP contribution in [0.15, 0.2) is 12.7 Å². The number of thioether (sulfide) groups is 3. The summed E-state index contributed by atoms with van der Waals surface area (Å²) in [5.41, 5.74) is 0. The van der Waals surface area contributed by atoms with E-state index in [1.54, 1.807) is 0 Å². The van der Waals surface area contributed by atoms with Crippen molar-refractivity contribution in [3.05, 3.63) is 12.7 Å². The molecule has 0 aliphatic carbocycles. The molecule has 4 heteroatoms. The van der Waals surface area contributed by atoms with E-state index in [1.807, 2.05) is 23.5 Å². The van der Waals surface area contributed by atoms with Gasteiger partial charge in [-0.15, -0.1) is 23.5 Å². The second-order valence-corrected chi connectivity index (χ2v) is 6.75. The van der Waals surface area contributed by atoms with Crippen molar-refractivity contribution in [1.82, 2.24) is 0 Å². The van der Waals surface area contributed by atoms with Crippen molar-refractivity contribution in [2.24, 2.45) is 0 Å². The molecule has 2 unspecified atom stereocenters. The molecule has 1 rings (SSSR count). The summed E-state index contributed by atoms with van der Waals surface area (Å²) >= 11 is 5.31. The SMILES string of the molecule is C.C=CC(=O)SCC1SCC(C)S1. The van der Waals surface area contributed by atoms with Gasteiger partial charge >= 0.3 is 0 Å². The summed E-state index contributed by atoms with van der Waals surface area (Å²) in [6.07, 6.45) is 1.39. The Morgan fingerprint density at radius 1 is 1.77 bits per heavy atom. The smallest absolute Gasteiger partial charge is 0.211 e. The predicted octanol–water partition coefficient (Wildman–Crippen LogP) is 3.26. The van der Waals surface area contributed by atoms with E-state index in [0.717, 1.165) is 11.0 Å². The second kappa shape index (κ2) is 6.85. The molecule has 0 N–H and O–H groups in total. The third-order valence-electron chi connectivity index (χ3n) is 1.43. The Balaban J connectivity index is 0.00000144. The number of hydrogen-bond donors (Lipinski definition) is 0. The summed E-state index contributed by atoms with van der Waals surface area (Å²) in [7, 11) is 0. The molecule has 13 heavy (non-hydrogen) atoms. The maximum atomic E-state index is 10.9. The first-order chi connectivity index (χ1) is 5.72. The van der Waals surface area contributed by atoms with Crippen LogP contribution in [0.25, 0.3) is 0 Å². The molecule has 1 fully saturated rings. The number of hydrogen-bond acceptors (Lipinski definition) is 4. The molecule has 0 aromatic carbocycles. The maximum Gasteiger partial charge on any atom is 0.211 e. The Bertz CT molecular complexity index is 182. The van der Waals surface area contributed by atoms with Crippen LogP contribution in [0.1, 0.15) is 14.4 Å². The summed E-state index contributed by atoms with van der Waals surface area (Å²) in [6, 6.07) is 0. The Hall–Kier alpha value is 0.460. The minimum Gasteiger partial charge on any atom is -0.282 e. The van der Waals surface area contributed by atoms with E-state index in [2.05, 4.69) is 13.5 Å². The van der Waals surface area contributed by atoms with Crippen molar-refractivity contribution in [2.75, 3.05) is 11.5 Å². The molecule has 2 atom stereocenters. The van der Waals surface area contributed by atoms with Gasteiger partial charge in [0.15, 0.2) is 0 Å². The lowest BCUT2D eigenvalue weighted by atomic mass is 10.6. The van der Waals surface area contributed by atoms with Crippen molar-refractivity contribution in [1.29, 1.82) is 0 Å². The topological polar surface area (TPSA) is 17.1 Å². The molecule has 1 aliphatic rings. The van der Waals surface area contributed by atoms with Crippen LogP contribution in [0.5, 0.6) is 0 Å². The van der Waals surface area contributed by atoms with Crippen LogP contribution in [0.3, 0.4) is 0 Å². The van der Waals surface area contributed by atoms with Crippen LogP contribution in [0.4, 0.5) is 0 Å². The van der Waals surface area contributed by atoms with Crippen LogP contribution < -0.4 is 0 Å². The maximum absolute atomic E-state index is 10.9. The van der Waals surface area contributed by atoms with Gasteiger partial charge in [0.05, 0.1) is 4.58 Å². The number of rotatable bonds is 3. The van der Waals surface area contributed by atoms with Gasteiger partial charge in [-0.1, -0.05) is 32.7 Å². The zero-order chi connectivity index (χ0) is 8.97. The predicted molar refractivity (Wildman–Crippen MR) is 67.7 cm³/mol. The molecule has 1 heterocycles. The summed E-state index contributed by atoms with van der Waals surface area (Å²) < 4.78 is 0.605. The fourth-order valence-corrected chi connectivity index (χ4v) is 5.08. The summed E-state index contributed by atoms with van der Waals surface area (Å²) in [4.78, 5) is 10.9. The van der Waals surface area contributed by atoms with Gasteiger partial charge in [-0.05, 0) is 6.08 Å². The normalized spacial score (nSPS) is 26.5. The molecular weight excluding hydrogens is 220 g/mol. The fourth-order valence-electron chi connectivity index (χ4n) is 0.877. The standard InChI is InChI=1S/C8H12OS3.CH4/c1-3-7(9)10-5-8-11-4-6(2)12-8;/h3,6,8H,1,4-5H2,2H3;1H4. The van der Waals surface area contributed by atoms with E-state index in [0.29, 0.717) is 4.58 Å². The molecule has 0 aromatic heterocycles. The van der Waals surface area contributed by atoms with Crippen molar-refractivity contribution >= 4 is 40.4 Å². The molecular formula is C9H16OS3.